The highest BCUT2D eigenvalue weighted by atomic mass is 32.1. The summed E-state index contributed by atoms with van der Waals surface area (Å²) in [7, 11) is 0. The van der Waals surface area contributed by atoms with Gasteiger partial charge in [0, 0.05) is 22.8 Å². The van der Waals surface area contributed by atoms with Gasteiger partial charge in [0.1, 0.15) is 18.2 Å². The molecule has 2 aromatic heterocycles. The van der Waals surface area contributed by atoms with Crippen molar-refractivity contribution in [1.82, 2.24) is 15.4 Å². The van der Waals surface area contributed by atoms with Crippen molar-refractivity contribution in [2.24, 2.45) is 0 Å². The fourth-order valence-corrected chi connectivity index (χ4v) is 4.08. The van der Waals surface area contributed by atoms with Gasteiger partial charge in [-0.25, -0.2) is 0 Å². The van der Waals surface area contributed by atoms with Gasteiger partial charge in [-0.15, -0.1) is 11.3 Å². The molecular formula is C20H19N3O4S. The van der Waals surface area contributed by atoms with E-state index in [4.69, 9.17) is 9.47 Å². The van der Waals surface area contributed by atoms with Gasteiger partial charge < -0.3 is 14.0 Å². The number of carbonyl (C=O) groups is 2. The second kappa shape index (κ2) is 7.40. The van der Waals surface area contributed by atoms with Crippen LogP contribution in [0.3, 0.4) is 0 Å². The summed E-state index contributed by atoms with van der Waals surface area (Å²) in [6, 6.07) is 8.70. The number of hydrogen-bond donors (Lipinski definition) is 2. The Kier molecular flexibility index (Phi) is 4.79. The Morgan fingerprint density at radius 1 is 1.00 bits per heavy atom. The molecule has 7 nitrogen and oxygen atoms in total. The maximum absolute atomic E-state index is 12.8. The first-order valence-corrected chi connectivity index (χ1v) is 9.60. The molecule has 144 valence electrons. The van der Waals surface area contributed by atoms with Gasteiger partial charge in [-0.2, -0.15) is 0 Å². The molecule has 0 saturated heterocycles. The van der Waals surface area contributed by atoms with Gasteiger partial charge in [-0.3, -0.25) is 20.4 Å². The van der Waals surface area contributed by atoms with Crippen LogP contribution in [0.25, 0.3) is 5.00 Å². The summed E-state index contributed by atoms with van der Waals surface area (Å²) < 4.78 is 12.8. The van der Waals surface area contributed by atoms with E-state index in [2.05, 4.69) is 10.9 Å². The Morgan fingerprint density at radius 2 is 1.68 bits per heavy atom. The average molecular weight is 397 g/mol. The van der Waals surface area contributed by atoms with E-state index in [9.17, 15) is 9.59 Å². The van der Waals surface area contributed by atoms with E-state index in [1.165, 1.54) is 11.3 Å². The van der Waals surface area contributed by atoms with Crippen LogP contribution in [-0.2, 0) is 0 Å². The molecule has 0 saturated carbocycles. The summed E-state index contributed by atoms with van der Waals surface area (Å²) in [5.74, 6) is 0.325. The van der Waals surface area contributed by atoms with Gasteiger partial charge >= 0.3 is 0 Å². The second-order valence-corrected chi connectivity index (χ2v) is 7.52. The van der Waals surface area contributed by atoms with Crippen molar-refractivity contribution in [3.8, 4) is 16.5 Å². The molecule has 1 aliphatic rings. The molecule has 1 aromatic carbocycles. The maximum Gasteiger partial charge on any atom is 0.272 e. The Bertz CT molecular complexity index is 1040. The van der Waals surface area contributed by atoms with Crippen molar-refractivity contribution in [1.29, 1.82) is 0 Å². The first kappa shape index (κ1) is 18.1. The van der Waals surface area contributed by atoms with E-state index in [0.717, 1.165) is 15.4 Å². The third-order valence-electron chi connectivity index (χ3n) is 4.53. The van der Waals surface area contributed by atoms with Crippen LogP contribution in [0.1, 0.15) is 31.2 Å². The quantitative estimate of drug-likeness (QED) is 0.666. The largest absolute Gasteiger partial charge is 0.486 e. The zero-order valence-electron chi connectivity index (χ0n) is 15.4. The van der Waals surface area contributed by atoms with Crippen LogP contribution in [0.2, 0.25) is 0 Å². The van der Waals surface area contributed by atoms with Crippen molar-refractivity contribution in [3.63, 3.8) is 0 Å². The minimum Gasteiger partial charge on any atom is -0.486 e. The monoisotopic (exact) mass is 397 g/mol. The molecule has 28 heavy (non-hydrogen) atoms. The molecule has 0 unspecified atom stereocenters. The topological polar surface area (TPSA) is 81.6 Å². The Labute approximate surface area is 165 Å². The molecule has 3 heterocycles. The Balaban J connectivity index is 1.50. The zero-order valence-corrected chi connectivity index (χ0v) is 16.3. The van der Waals surface area contributed by atoms with E-state index >= 15 is 0 Å². The number of ether oxygens (including phenoxy) is 2. The molecule has 3 aromatic rings. The maximum atomic E-state index is 12.8. The van der Waals surface area contributed by atoms with Gasteiger partial charge in [0.15, 0.2) is 11.5 Å². The number of thiophene rings is 1. The van der Waals surface area contributed by atoms with Crippen LogP contribution in [0.4, 0.5) is 0 Å². The minimum atomic E-state index is -0.433. The summed E-state index contributed by atoms with van der Waals surface area (Å²) in [5, 5.41) is 0.811. The molecule has 0 atom stereocenters. The van der Waals surface area contributed by atoms with Crippen LogP contribution in [0, 0.1) is 13.8 Å². The molecule has 0 fully saturated rings. The molecule has 0 radical (unpaired) electrons. The molecule has 8 heteroatoms. The molecule has 2 N–H and O–H groups in total. The van der Waals surface area contributed by atoms with Gasteiger partial charge in [0.2, 0.25) is 0 Å². The van der Waals surface area contributed by atoms with Crippen molar-refractivity contribution in [2.75, 3.05) is 13.2 Å². The molecule has 0 spiro atoms. The highest BCUT2D eigenvalue weighted by Gasteiger charge is 2.21. The number of hydrazine groups is 1. The first-order chi connectivity index (χ1) is 13.5. The number of nitrogens with one attached hydrogen (secondary N) is 2. The molecule has 1 aliphatic heterocycles. The van der Waals surface area contributed by atoms with Crippen molar-refractivity contribution < 1.29 is 19.1 Å². The SMILES string of the molecule is Cc1sc(-n2cccc2)c(C(=O)NNC(=O)c2ccc3c(c2)OCCO3)c1C. The van der Waals surface area contributed by atoms with E-state index in [0.29, 0.717) is 35.8 Å². The Hall–Kier alpha value is -3.26. The number of aryl methyl sites for hydroxylation is 1. The highest BCUT2D eigenvalue weighted by molar-refractivity contribution is 7.15. The van der Waals surface area contributed by atoms with Gasteiger partial charge in [-0.1, -0.05) is 0 Å². The smallest absolute Gasteiger partial charge is 0.272 e. The van der Waals surface area contributed by atoms with Crippen LogP contribution in [0.15, 0.2) is 42.7 Å². The molecule has 0 bridgehead atoms. The predicted molar refractivity (Wildman–Crippen MR) is 105 cm³/mol. The van der Waals surface area contributed by atoms with Crippen LogP contribution in [-0.4, -0.2) is 29.6 Å². The molecule has 2 amide bonds. The number of fused-ring (bicyclic) bond motifs is 1. The zero-order chi connectivity index (χ0) is 19.7. The Morgan fingerprint density at radius 3 is 2.43 bits per heavy atom. The number of aromatic nitrogens is 1. The lowest BCUT2D eigenvalue weighted by molar-refractivity contribution is 0.0846. The second-order valence-electron chi connectivity index (χ2n) is 6.32. The van der Waals surface area contributed by atoms with Gasteiger partial charge in [-0.05, 0) is 49.7 Å². The van der Waals surface area contributed by atoms with Crippen molar-refractivity contribution in [3.05, 3.63) is 64.3 Å². The number of amides is 2. The lowest BCUT2D eigenvalue weighted by Gasteiger charge is -2.18. The molecular weight excluding hydrogens is 378 g/mol. The standard InChI is InChI=1S/C20H19N3O4S/c1-12-13(2)28-20(23-7-3-4-8-23)17(12)19(25)22-21-18(24)14-5-6-15-16(11-14)27-10-9-26-15/h3-8,11H,9-10H2,1-2H3,(H,21,24)(H,22,25). The van der Waals surface area contributed by atoms with Crippen molar-refractivity contribution >= 4 is 23.2 Å². The van der Waals surface area contributed by atoms with Crippen LogP contribution < -0.4 is 20.3 Å². The molecule has 4 rings (SSSR count). The number of rotatable bonds is 3. The lowest BCUT2D eigenvalue weighted by atomic mass is 10.1. The summed E-state index contributed by atoms with van der Waals surface area (Å²) in [5.41, 5.74) is 6.79. The summed E-state index contributed by atoms with van der Waals surface area (Å²) in [4.78, 5) is 26.3. The third-order valence-corrected chi connectivity index (χ3v) is 5.75. The van der Waals surface area contributed by atoms with E-state index in [1.54, 1.807) is 18.2 Å². The van der Waals surface area contributed by atoms with Crippen molar-refractivity contribution in [2.45, 2.75) is 13.8 Å². The first-order valence-electron chi connectivity index (χ1n) is 8.78. The van der Waals surface area contributed by atoms with E-state index in [-0.39, 0.29) is 5.91 Å². The lowest BCUT2D eigenvalue weighted by Crippen LogP contribution is -2.42. The minimum absolute atomic E-state index is 0.364. The predicted octanol–water partition coefficient (Wildman–Crippen LogP) is 3.00. The van der Waals surface area contributed by atoms with E-state index < -0.39 is 5.91 Å². The summed E-state index contributed by atoms with van der Waals surface area (Å²) in [6.45, 7) is 4.79. The molecule has 0 aliphatic carbocycles. The number of nitrogens with zero attached hydrogens (tertiary/aromatic N) is 1. The average Bonchev–Trinajstić information content (AvgIpc) is 3.34. The van der Waals surface area contributed by atoms with Gasteiger partial charge in [0.25, 0.3) is 11.8 Å². The van der Waals surface area contributed by atoms with Crippen LogP contribution in [0.5, 0.6) is 11.5 Å². The fourth-order valence-electron chi connectivity index (χ4n) is 2.96. The highest BCUT2D eigenvalue weighted by Crippen LogP contribution is 2.31. The summed E-state index contributed by atoms with van der Waals surface area (Å²) >= 11 is 1.53. The number of benzene rings is 1. The summed E-state index contributed by atoms with van der Waals surface area (Å²) in [6.07, 6.45) is 3.77. The fraction of sp³-hybridized carbons (Fsp3) is 0.200. The van der Waals surface area contributed by atoms with Gasteiger partial charge in [0.05, 0.1) is 5.56 Å². The third kappa shape index (κ3) is 3.34. The number of carbonyl (C=O) groups excluding carboxylic acids is 2. The normalized spacial score (nSPS) is 12.5. The number of hydrogen-bond acceptors (Lipinski definition) is 5. The van der Waals surface area contributed by atoms with Crippen LogP contribution >= 0.6 is 11.3 Å². The van der Waals surface area contributed by atoms with E-state index in [1.807, 2.05) is 42.9 Å².